The van der Waals surface area contributed by atoms with Crippen LogP contribution in [0, 0.1) is 0 Å². The van der Waals surface area contributed by atoms with E-state index in [1.165, 1.54) is 5.56 Å². The molecule has 1 radical (unpaired) electrons. The number of para-hydroxylation sites is 1. The molecule has 1 aromatic carbocycles. The quantitative estimate of drug-likeness (QED) is 0.776. The first-order valence-corrected chi connectivity index (χ1v) is 6.46. The second-order valence-corrected chi connectivity index (χ2v) is 4.40. The summed E-state index contributed by atoms with van der Waals surface area (Å²) in [5.74, 6) is 1.04. The van der Waals surface area contributed by atoms with Crippen molar-refractivity contribution in [2.24, 2.45) is 0 Å². The van der Waals surface area contributed by atoms with Crippen molar-refractivity contribution in [1.82, 2.24) is 10.2 Å². The van der Waals surface area contributed by atoms with Gasteiger partial charge in [0.15, 0.2) is 0 Å². The van der Waals surface area contributed by atoms with Crippen LogP contribution in [0.25, 0.3) is 0 Å². The Hall–Kier alpha value is -1.06. The Labute approximate surface area is 104 Å². The normalized spacial score (nSPS) is 17.0. The molecule has 1 saturated heterocycles. The maximum atomic E-state index is 5.78. The summed E-state index contributed by atoms with van der Waals surface area (Å²) in [5, 5.41) is 4.37. The zero-order chi connectivity index (χ0) is 11.9. The van der Waals surface area contributed by atoms with Crippen molar-refractivity contribution in [3.63, 3.8) is 0 Å². The van der Waals surface area contributed by atoms with Crippen LogP contribution in [0.2, 0.25) is 0 Å². The van der Waals surface area contributed by atoms with E-state index >= 15 is 0 Å². The highest BCUT2D eigenvalue weighted by Gasteiger charge is 2.12. The van der Waals surface area contributed by atoms with E-state index in [4.69, 9.17) is 4.74 Å². The lowest BCUT2D eigenvalue weighted by atomic mass is 10.1. The largest absolute Gasteiger partial charge is 0.493 e. The van der Waals surface area contributed by atoms with Gasteiger partial charge in [-0.15, -0.1) is 0 Å². The third-order valence-electron chi connectivity index (χ3n) is 2.98. The zero-order valence-electron chi connectivity index (χ0n) is 10.6. The van der Waals surface area contributed by atoms with E-state index in [1.54, 1.807) is 0 Å². The Kier molecular flexibility index (Phi) is 4.83. The molecule has 93 valence electrons. The van der Waals surface area contributed by atoms with Gasteiger partial charge in [0.1, 0.15) is 5.75 Å². The van der Waals surface area contributed by atoms with Gasteiger partial charge in [-0.3, -0.25) is 4.90 Å². The summed E-state index contributed by atoms with van der Waals surface area (Å²) in [6.07, 6.45) is 1.05. The van der Waals surface area contributed by atoms with Crippen LogP contribution in [0.15, 0.2) is 24.3 Å². The van der Waals surface area contributed by atoms with E-state index in [0.29, 0.717) is 0 Å². The molecule has 0 aliphatic carbocycles. The minimum absolute atomic E-state index is 0.798. The maximum Gasteiger partial charge on any atom is 0.123 e. The predicted octanol–water partition coefficient (Wildman–Crippen LogP) is 1.90. The predicted molar refractivity (Wildman–Crippen MR) is 69.4 cm³/mol. The minimum atomic E-state index is 0.798. The molecular formula is C14H21N2O. The Morgan fingerprint density at radius 1 is 1.24 bits per heavy atom. The standard InChI is InChI=1S/C14H21N2O/c1-2-11-17-14-6-4-3-5-13(14)12-16-9-7-15-8-10-16/h3-6H,2,7-12H2,1H3. The molecule has 0 N–H and O–H groups in total. The summed E-state index contributed by atoms with van der Waals surface area (Å²) < 4.78 is 5.78. The smallest absolute Gasteiger partial charge is 0.123 e. The molecule has 17 heavy (non-hydrogen) atoms. The number of piperazine rings is 1. The van der Waals surface area contributed by atoms with E-state index in [-0.39, 0.29) is 0 Å². The molecule has 1 aliphatic rings. The summed E-state index contributed by atoms with van der Waals surface area (Å²) in [6.45, 7) is 8.00. The van der Waals surface area contributed by atoms with Gasteiger partial charge in [-0.1, -0.05) is 25.1 Å². The monoisotopic (exact) mass is 233 g/mol. The maximum absolute atomic E-state index is 5.78. The van der Waals surface area contributed by atoms with Crippen molar-refractivity contribution in [2.45, 2.75) is 19.9 Å². The Balaban J connectivity index is 1.98. The molecule has 0 spiro atoms. The average Bonchev–Trinajstić information content (AvgIpc) is 2.39. The highest BCUT2D eigenvalue weighted by Crippen LogP contribution is 2.20. The van der Waals surface area contributed by atoms with E-state index in [9.17, 15) is 0 Å². The van der Waals surface area contributed by atoms with E-state index in [0.717, 1.165) is 51.5 Å². The van der Waals surface area contributed by atoms with Gasteiger partial charge in [0.2, 0.25) is 0 Å². The van der Waals surface area contributed by atoms with Gasteiger partial charge >= 0.3 is 0 Å². The molecule has 0 unspecified atom stereocenters. The highest BCUT2D eigenvalue weighted by atomic mass is 16.5. The lowest BCUT2D eigenvalue weighted by molar-refractivity contribution is 0.225. The lowest BCUT2D eigenvalue weighted by Gasteiger charge is -2.27. The molecular weight excluding hydrogens is 212 g/mol. The number of ether oxygens (including phenoxy) is 1. The fraction of sp³-hybridized carbons (Fsp3) is 0.571. The van der Waals surface area contributed by atoms with E-state index < -0.39 is 0 Å². The molecule has 0 bridgehead atoms. The molecule has 1 fully saturated rings. The highest BCUT2D eigenvalue weighted by molar-refractivity contribution is 5.33. The third kappa shape index (κ3) is 3.72. The second kappa shape index (κ2) is 6.62. The van der Waals surface area contributed by atoms with Gasteiger partial charge in [-0.2, -0.15) is 0 Å². The number of hydrogen-bond donors (Lipinski definition) is 0. The summed E-state index contributed by atoms with van der Waals surface area (Å²) in [7, 11) is 0. The minimum Gasteiger partial charge on any atom is -0.493 e. The summed E-state index contributed by atoms with van der Waals surface area (Å²) in [5.41, 5.74) is 1.29. The number of hydrogen-bond acceptors (Lipinski definition) is 2. The fourth-order valence-corrected chi connectivity index (χ4v) is 2.03. The van der Waals surface area contributed by atoms with E-state index in [1.807, 2.05) is 6.07 Å². The SMILES string of the molecule is CCCOc1ccccc1CN1CC[N]CC1. The van der Waals surface area contributed by atoms with Gasteiger partial charge in [-0.05, 0) is 12.5 Å². The molecule has 2 rings (SSSR count). The van der Waals surface area contributed by atoms with Crippen LogP contribution in [0.3, 0.4) is 0 Å². The molecule has 0 saturated carbocycles. The molecule has 1 aromatic rings. The number of rotatable bonds is 5. The molecule has 1 aliphatic heterocycles. The average molecular weight is 233 g/mol. The molecule has 3 nitrogen and oxygen atoms in total. The van der Waals surface area contributed by atoms with Crippen LogP contribution in [0.1, 0.15) is 18.9 Å². The fourth-order valence-electron chi connectivity index (χ4n) is 2.03. The Bertz CT molecular complexity index is 335. The zero-order valence-corrected chi connectivity index (χ0v) is 10.6. The molecule has 0 atom stereocenters. The van der Waals surface area contributed by atoms with Crippen molar-refractivity contribution in [1.29, 1.82) is 0 Å². The van der Waals surface area contributed by atoms with Gasteiger partial charge in [0.05, 0.1) is 6.61 Å². The van der Waals surface area contributed by atoms with Crippen molar-refractivity contribution in [2.75, 3.05) is 32.8 Å². The first-order valence-electron chi connectivity index (χ1n) is 6.46. The lowest BCUT2D eigenvalue weighted by Crippen LogP contribution is -2.39. The van der Waals surface area contributed by atoms with E-state index in [2.05, 4.69) is 35.3 Å². The first kappa shape index (κ1) is 12.4. The number of nitrogens with zero attached hydrogens (tertiary/aromatic N) is 2. The van der Waals surface area contributed by atoms with Crippen molar-refractivity contribution in [3.8, 4) is 5.75 Å². The van der Waals surface area contributed by atoms with Crippen LogP contribution in [-0.2, 0) is 6.54 Å². The first-order chi connectivity index (χ1) is 8.40. The van der Waals surface area contributed by atoms with Crippen LogP contribution >= 0.6 is 0 Å². The van der Waals surface area contributed by atoms with Gasteiger partial charge in [0.25, 0.3) is 0 Å². The number of benzene rings is 1. The third-order valence-corrected chi connectivity index (χ3v) is 2.98. The summed E-state index contributed by atoms with van der Waals surface area (Å²) >= 11 is 0. The molecule has 0 amide bonds. The molecule has 0 aromatic heterocycles. The molecule has 1 heterocycles. The van der Waals surface area contributed by atoms with Gasteiger partial charge in [-0.25, -0.2) is 5.32 Å². The summed E-state index contributed by atoms with van der Waals surface area (Å²) in [4.78, 5) is 2.45. The second-order valence-electron chi connectivity index (χ2n) is 4.40. The Morgan fingerprint density at radius 2 is 2.00 bits per heavy atom. The van der Waals surface area contributed by atoms with Crippen molar-refractivity contribution >= 4 is 0 Å². The van der Waals surface area contributed by atoms with Crippen molar-refractivity contribution in [3.05, 3.63) is 29.8 Å². The van der Waals surface area contributed by atoms with Crippen molar-refractivity contribution < 1.29 is 4.74 Å². The Morgan fingerprint density at radius 3 is 2.76 bits per heavy atom. The van der Waals surface area contributed by atoms with Crippen LogP contribution < -0.4 is 10.1 Å². The van der Waals surface area contributed by atoms with Gasteiger partial charge < -0.3 is 4.74 Å². The van der Waals surface area contributed by atoms with Crippen LogP contribution in [-0.4, -0.2) is 37.7 Å². The topological polar surface area (TPSA) is 26.6 Å². The van der Waals surface area contributed by atoms with Gasteiger partial charge in [0, 0.05) is 38.3 Å². The summed E-state index contributed by atoms with van der Waals surface area (Å²) in [6, 6.07) is 8.36. The van der Waals surface area contributed by atoms with Crippen LogP contribution in [0.4, 0.5) is 0 Å². The molecule has 3 heteroatoms. The van der Waals surface area contributed by atoms with Crippen LogP contribution in [0.5, 0.6) is 5.75 Å².